The van der Waals surface area contributed by atoms with Gasteiger partial charge in [-0.05, 0) is 48.4 Å². The molecule has 0 spiro atoms. The average Bonchev–Trinajstić information content (AvgIpc) is 3.34. The van der Waals surface area contributed by atoms with Gasteiger partial charge >= 0.3 is 0 Å². The molecule has 4 aromatic rings. The molecule has 0 saturated heterocycles. The van der Waals surface area contributed by atoms with Crippen LogP contribution in [0.15, 0.2) is 102 Å². The van der Waals surface area contributed by atoms with Crippen LogP contribution in [0.1, 0.15) is 37.8 Å². The molecule has 34 heavy (non-hydrogen) atoms. The molecule has 0 atom stereocenters. The molecule has 0 aliphatic rings. The van der Waals surface area contributed by atoms with Crippen LogP contribution in [0, 0.1) is 0 Å². The second-order valence-corrected chi connectivity index (χ2v) is 7.93. The monoisotopic (exact) mass is 471 g/mol. The van der Waals surface area contributed by atoms with E-state index in [0.717, 1.165) is 11.3 Å². The number of benzene rings is 3. The van der Waals surface area contributed by atoms with Gasteiger partial charge in [-0.25, -0.2) is 0 Å². The summed E-state index contributed by atoms with van der Waals surface area (Å²) in [5.74, 6) is 0.601. The van der Waals surface area contributed by atoms with E-state index < -0.39 is 5.91 Å². The second kappa shape index (κ2) is 10.7. The van der Waals surface area contributed by atoms with Crippen LogP contribution in [0.5, 0.6) is 5.75 Å². The minimum absolute atomic E-state index is 0.103. The van der Waals surface area contributed by atoms with Crippen molar-refractivity contribution in [2.45, 2.75) is 13.0 Å². The van der Waals surface area contributed by atoms with Gasteiger partial charge in [-0.3, -0.25) is 9.59 Å². The molecule has 0 bridgehead atoms. The largest absolute Gasteiger partial charge is 0.485 e. The van der Waals surface area contributed by atoms with Gasteiger partial charge in [0.05, 0.1) is 5.69 Å². The molecule has 0 fully saturated rings. The molecule has 6 heteroatoms. The number of halogens is 1. The zero-order valence-corrected chi connectivity index (χ0v) is 19.0. The minimum atomic E-state index is -0.484. The number of nitrogens with one attached hydrogen (secondary N) is 1. The maximum absolute atomic E-state index is 13.0. The van der Waals surface area contributed by atoms with Crippen LogP contribution in [0.3, 0.4) is 0 Å². The molecular weight excluding hydrogens is 450 g/mol. The molecule has 1 amide bonds. The topological polar surface area (TPSA) is 68.5 Å². The molecule has 1 aromatic heterocycles. The maximum atomic E-state index is 13.0. The summed E-state index contributed by atoms with van der Waals surface area (Å²) >= 11 is 6.12. The van der Waals surface area contributed by atoms with Gasteiger partial charge in [0, 0.05) is 16.1 Å². The smallest absolute Gasteiger partial charge is 0.291 e. The van der Waals surface area contributed by atoms with E-state index in [0.29, 0.717) is 34.0 Å². The Balaban J connectivity index is 1.47. The van der Waals surface area contributed by atoms with Gasteiger partial charge in [0.25, 0.3) is 5.91 Å². The molecule has 0 aliphatic carbocycles. The van der Waals surface area contributed by atoms with Crippen LogP contribution in [0.4, 0.5) is 5.69 Å². The highest BCUT2D eigenvalue weighted by Gasteiger charge is 2.18. The van der Waals surface area contributed by atoms with Crippen molar-refractivity contribution >= 4 is 29.0 Å². The van der Waals surface area contributed by atoms with E-state index in [1.165, 1.54) is 6.07 Å². The number of hydrogen-bond donors (Lipinski definition) is 1. The Hall–Kier alpha value is -4.09. The van der Waals surface area contributed by atoms with Crippen molar-refractivity contribution in [3.63, 3.8) is 0 Å². The number of ketones is 1. The second-order valence-electron chi connectivity index (χ2n) is 7.49. The van der Waals surface area contributed by atoms with E-state index in [2.05, 4.69) is 11.9 Å². The Morgan fingerprint density at radius 3 is 2.53 bits per heavy atom. The van der Waals surface area contributed by atoms with E-state index in [9.17, 15) is 9.59 Å². The highest BCUT2D eigenvalue weighted by molar-refractivity contribution is 6.31. The molecule has 170 valence electrons. The van der Waals surface area contributed by atoms with Gasteiger partial charge in [-0.2, -0.15) is 0 Å². The molecule has 3 aromatic carbocycles. The number of amides is 1. The van der Waals surface area contributed by atoms with Crippen molar-refractivity contribution in [2.75, 3.05) is 5.32 Å². The Labute approximate surface area is 202 Å². The summed E-state index contributed by atoms with van der Waals surface area (Å²) < 4.78 is 11.5. The number of hydrogen-bond acceptors (Lipinski definition) is 4. The zero-order chi connectivity index (χ0) is 23.9. The van der Waals surface area contributed by atoms with E-state index in [1.54, 1.807) is 48.5 Å². The van der Waals surface area contributed by atoms with Crippen molar-refractivity contribution in [3.8, 4) is 5.75 Å². The van der Waals surface area contributed by atoms with E-state index in [1.807, 2.05) is 36.4 Å². The van der Waals surface area contributed by atoms with Crippen molar-refractivity contribution in [1.29, 1.82) is 0 Å². The van der Waals surface area contributed by atoms with Crippen molar-refractivity contribution in [3.05, 3.63) is 131 Å². The zero-order valence-electron chi connectivity index (χ0n) is 18.3. The summed E-state index contributed by atoms with van der Waals surface area (Å²) in [5, 5.41) is 3.15. The lowest BCUT2D eigenvalue weighted by atomic mass is 10.0. The van der Waals surface area contributed by atoms with Crippen molar-refractivity contribution < 1.29 is 18.7 Å². The number of rotatable bonds is 9. The highest BCUT2D eigenvalue weighted by atomic mass is 35.5. The molecule has 0 radical (unpaired) electrons. The van der Waals surface area contributed by atoms with E-state index in [-0.39, 0.29) is 18.2 Å². The summed E-state index contributed by atoms with van der Waals surface area (Å²) in [6.45, 7) is 3.93. The van der Waals surface area contributed by atoms with Crippen molar-refractivity contribution in [2.24, 2.45) is 0 Å². The molecule has 5 nitrogen and oxygen atoms in total. The van der Waals surface area contributed by atoms with Gasteiger partial charge < -0.3 is 14.5 Å². The molecule has 0 unspecified atom stereocenters. The first-order valence-corrected chi connectivity index (χ1v) is 11.0. The highest BCUT2D eigenvalue weighted by Crippen LogP contribution is 2.25. The Morgan fingerprint density at radius 2 is 1.74 bits per heavy atom. The van der Waals surface area contributed by atoms with Crippen molar-refractivity contribution in [1.82, 2.24) is 0 Å². The first kappa shape index (κ1) is 23.1. The summed E-state index contributed by atoms with van der Waals surface area (Å²) in [5.41, 5.74) is 2.15. The molecular formula is C28H22ClNO4. The number of carbonyl (C=O) groups excluding carboxylic acids is 2. The lowest BCUT2D eigenvalue weighted by molar-refractivity contribution is 0.0992. The predicted octanol–water partition coefficient (Wildman–Crippen LogP) is 6.72. The lowest BCUT2D eigenvalue weighted by Gasteiger charge is -2.11. The van der Waals surface area contributed by atoms with Gasteiger partial charge in [-0.15, -0.1) is 6.58 Å². The third kappa shape index (κ3) is 5.45. The van der Waals surface area contributed by atoms with Gasteiger partial charge in [0.1, 0.15) is 18.1 Å². The Kier molecular flexibility index (Phi) is 7.25. The number of allylic oxidation sites excluding steroid dienone is 1. The normalized spacial score (nSPS) is 10.5. The summed E-state index contributed by atoms with van der Waals surface area (Å²) in [6.07, 6.45) is 2.50. The van der Waals surface area contributed by atoms with Gasteiger partial charge in [0.15, 0.2) is 11.5 Å². The number of anilines is 1. The Bertz CT molecular complexity index is 1330. The fourth-order valence-electron chi connectivity index (χ4n) is 3.44. The van der Waals surface area contributed by atoms with Crippen LogP contribution >= 0.6 is 11.6 Å². The number of furan rings is 1. The van der Waals surface area contributed by atoms with Gasteiger partial charge in [0.2, 0.25) is 0 Å². The van der Waals surface area contributed by atoms with Crippen LogP contribution in [0.2, 0.25) is 5.02 Å². The van der Waals surface area contributed by atoms with Crippen LogP contribution in [-0.4, -0.2) is 11.7 Å². The van der Waals surface area contributed by atoms with Gasteiger partial charge in [-0.1, -0.05) is 66.2 Å². The molecule has 4 rings (SSSR count). The number of carbonyl (C=O) groups is 2. The molecule has 1 heterocycles. The standard InChI is InChI=1S/C28H22ClNO4/c1-2-8-19-9-6-7-12-25(19)33-18-22-14-16-26(34-22)28(32)30-24-15-13-21(29)17-23(24)27(31)20-10-4-3-5-11-20/h2-7,9-17H,1,8,18H2,(H,30,32). The first-order chi connectivity index (χ1) is 16.5. The van der Waals surface area contributed by atoms with E-state index in [4.69, 9.17) is 20.8 Å². The molecule has 0 saturated carbocycles. The van der Waals surface area contributed by atoms with Crippen LogP contribution < -0.4 is 10.1 Å². The fourth-order valence-corrected chi connectivity index (χ4v) is 3.61. The van der Waals surface area contributed by atoms with E-state index >= 15 is 0 Å². The summed E-state index contributed by atoms with van der Waals surface area (Å²) in [7, 11) is 0. The SMILES string of the molecule is C=CCc1ccccc1OCc1ccc(C(=O)Nc2ccc(Cl)cc2C(=O)c2ccccc2)o1. The third-order valence-electron chi connectivity index (χ3n) is 5.10. The summed E-state index contributed by atoms with van der Waals surface area (Å²) in [6, 6.07) is 24.5. The summed E-state index contributed by atoms with van der Waals surface area (Å²) in [4.78, 5) is 25.8. The molecule has 1 N–H and O–H groups in total. The number of para-hydroxylation sites is 1. The number of ether oxygens (including phenoxy) is 1. The maximum Gasteiger partial charge on any atom is 0.291 e. The lowest BCUT2D eigenvalue weighted by Crippen LogP contribution is -2.14. The fraction of sp³-hybridized carbons (Fsp3) is 0.0714. The third-order valence-corrected chi connectivity index (χ3v) is 5.34. The average molecular weight is 472 g/mol. The predicted molar refractivity (Wildman–Crippen MR) is 133 cm³/mol. The minimum Gasteiger partial charge on any atom is -0.485 e. The quantitative estimate of drug-likeness (QED) is 0.217. The van der Waals surface area contributed by atoms with Crippen LogP contribution in [-0.2, 0) is 13.0 Å². The van der Waals surface area contributed by atoms with Crippen LogP contribution in [0.25, 0.3) is 0 Å². The Morgan fingerprint density at radius 1 is 0.971 bits per heavy atom. The first-order valence-electron chi connectivity index (χ1n) is 10.7. The molecule has 0 aliphatic heterocycles.